The van der Waals surface area contributed by atoms with Crippen molar-refractivity contribution in [1.82, 2.24) is 14.5 Å². The van der Waals surface area contributed by atoms with Gasteiger partial charge in [0.2, 0.25) is 0 Å². The van der Waals surface area contributed by atoms with Gasteiger partial charge in [0.25, 0.3) is 5.56 Å². The third kappa shape index (κ3) is 2.45. The van der Waals surface area contributed by atoms with Crippen LogP contribution in [0.25, 0.3) is 32.9 Å². The minimum Gasteiger partial charge on any atom is -0.278 e. The molecule has 124 valence electrons. The third-order valence-electron chi connectivity index (χ3n) is 4.41. The molecule has 0 atom stereocenters. The number of nitrogens with one attached hydrogen (secondary N) is 1. The van der Waals surface area contributed by atoms with Crippen LogP contribution in [0.15, 0.2) is 64.3 Å². The van der Waals surface area contributed by atoms with Crippen molar-refractivity contribution >= 4 is 21.8 Å². The van der Waals surface area contributed by atoms with Crippen molar-refractivity contribution in [2.75, 3.05) is 0 Å². The average molecular weight is 331 g/mol. The lowest BCUT2D eigenvalue weighted by atomic mass is 9.97. The first-order valence-electron chi connectivity index (χ1n) is 8.30. The molecular weight excluding hydrogens is 314 g/mol. The van der Waals surface area contributed by atoms with Gasteiger partial charge in [-0.15, -0.1) is 0 Å². The predicted octanol–water partition coefficient (Wildman–Crippen LogP) is 3.32. The largest absolute Gasteiger partial charge is 0.329 e. The average Bonchev–Trinajstić information content (AvgIpc) is 2.64. The summed E-state index contributed by atoms with van der Waals surface area (Å²) in [5, 5.41) is 2.61. The molecule has 2 aromatic heterocycles. The molecule has 0 spiro atoms. The topological polar surface area (TPSA) is 67.8 Å². The Kier molecular flexibility index (Phi) is 3.69. The number of fused-ring (bicyclic) bond motifs is 2. The Balaban J connectivity index is 2.14. The molecule has 0 radical (unpaired) electrons. The number of benzene rings is 2. The van der Waals surface area contributed by atoms with Gasteiger partial charge in [-0.25, -0.2) is 9.78 Å². The Bertz CT molecular complexity index is 1200. The van der Waals surface area contributed by atoms with Gasteiger partial charge >= 0.3 is 5.69 Å². The highest BCUT2D eigenvalue weighted by Gasteiger charge is 2.14. The molecule has 5 nitrogen and oxygen atoms in total. The lowest BCUT2D eigenvalue weighted by Crippen LogP contribution is -2.31. The summed E-state index contributed by atoms with van der Waals surface area (Å²) in [6.45, 7) is 2.50. The highest BCUT2D eigenvalue weighted by molar-refractivity contribution is 6.03. The Morgan fingerprint density at radius 2 is 1.80 bits per heavy atom. The molecule has 0 saturated heterocycles. The molecule has 4 aromatic rings. The van der Waals surface area contributed by atoms with Crippen LogP contribution in [0, 0.1) is 0 Å². The van der Waals surface area contributed by atoms with Crippen molar-refractivity contribution in [3.05, 3.63) is 75.6 Å². The first kappa shape index (κ1) is 15.3. The molecule has 25 heavy (non-hydrogen) atoms. The van der Waals surface area contributed by atoms with E-state index in [0.717, 1.165) is 28.3 Å². The van der Waals surface area contributed by atoms with E-state index in [1.54, 1.807) is 6.20 Å². The summed E-state index contributed by atoms with van der Waals surface area (Å²) in [4.78, 5) is 31.5. The zero-order valence-corrected chi connectivity index (χ0v) is 13.8. The van der Waals surface area contributed by atoms with Crippen LogP contribution in [0.2, 0.25) is 0 Å². The van der Waals surface area contributed by atoms with E-state index in [4.69, 9.17) is 0 Å². The second-order valence-electron chi connectivity index (χ2n) is 5.99. The van der Waals surface area contributed by atoms with Crippen LogP contribution in [0.3, 0.4) is 0 Å². The van der Waals surface area contributed by atoms with Crippen LogP contribution >= 0.6 is 0 Å². The van der Waals surface area contributed by atoms with E-state index in [1.165, 1.54) is 4.57 Å². The Hall–Kier alpha value is -3.21. The number of hydrogen-bond acceptors (Lipinski definition) is 3. The zero-order chi connectivity index (χ0) is 17.4. The van der Waals surface area contributed by atoms with Gasteiger partial charge in [0.1, 0.15) is 5.65 Å². The second kappa shape index (κ2) is 6.02. The van der Waals surface area contributed by atoms with E-state index in [0.29, 0.717) is 17.6 Å². The molecule has 0 aliphatic heterocycles. The van der Waals surface area contributed by atoms with Crippen LogP contribution in [0.1, 0.15) is 13.3 Å². The molecular formula is C20H17N3O2. The Labute approximate surface area is 143 Å². The Morgan fingerprint density at radius 3 is 2.64 bits per heavy atom. The lowest BCUT2D eigenvalue weighted by Gasteiger charge is -2.12. The van der Waals surface area contributed by atoms with Gasteiger partial charge in [0.15, 0.2) is 0 Å². The molecule has 0 aliphatic carbocycles. The summed E-state index contributed by atoms with van der Waals surface area (Å²) in [5.41, 5.74) is 1.36. The van der Waals surface area contributed by atoms with Gasteiger partial charge in [-0.2, -0.15) is 0 Å². The normalized spacial score (nSPS) is 11.2. The van der Waals surface area contributed by atoms with Gasteiger partial charge in [-0.05, 0) is 28.8 Å². The van der Waals surface area contributed by atoms with Gasteiger partial charge in [-0.1, -0.05) is 49.4 Å². The van der Waals surface area contributed by atoms with Crippen molar-refractivity contribution in [3.63, 3.8) is 0 Å². The van der Waals surface area contributed by atoms with Crippen LogP contribution in [-0.4, -0.2) is 14.5 Å². The number of hydrogen-bond donors (Lipinski definition) is 1. The molecule has 0 unspecified atom stereocenters. The molecule has 0 amide bonds. The van der Waals surface area contributed by atoms with Crippen LogP contribution in [0.4, 0.5) is 0 Å². The first-order valence-corrected chi connectivity index (χ1v) is 8.30. The van der Waals surface area contributed by atoms with E-state index < -0.39 is 11.2 Å². The summed E-state index contributed by atoms with van der Waals surface area (Å²) in [6.07, 6.45) is 2.44. The van der Waals surface area contributed by atoms with Crippen LogP contribution < -0.4 is 11.2 Å². The molecule has 5 heteroatoms. The van der Waals surface area contributed by atoms with E-state index in [-0.39, 0.29) is 0 Å². The fraction of sp³-hybridized carbons (Fsp3) is 0.150. The molecule has 1 N–H and O–H groups in total. The van der Waals surface area contributed by atoms with Gasteiger partial charge in [0, 0.05) is 18.3 Å². The fourth-order valence-corrected chi connectivity index (χ4v) is 3.32. The van der Waals surface area contributed by atoms with Gasteiger partial charge in [-0.3, -0.25) is 14.3 Å². The monoisotopic (exact) mass is 331 g/mol. The summed E-state index contributed by atoms with van der Waals surface area (Å²) in [7, 11) is 0. The van der Waals surface area contributed by atoms with Crippen molar-refractivity contribution < 1.29 is 0 Å². The molecule has 2 aromatic carbocycles. The number of aromatic nitrogens is 3. The van der Waals surface area contributed by atoms with Gasteiger partial charge in [0.05, 0.1) is 5.39 Å². The molecule has 0 bridgehead atoms. The zero-order valence-electron chi connectivity index (χ0n) is 13.8. The van der Waals surface area contributed by atoms with Crippen molar-refractivity contribution in [2.24, 2.45) is 0 Å². The minimum absolute atomic E-state index is 0.400. The number of aromatic amines is 1. The van der Waals surface area contributed by atoms with E-state index in [9.17, 15) is 9.59 Å². The Morgan fingerprint density at radius 1 is 1.00 bits per heavy atom. The lowest BCUT2D eigenvalue weighted by molar-refractivity contribution is 0.651. The summed E-state index contributed by atoms with van der Waals surface area (Å²) >= 11 is 0. The quantitative estimate of drug-likeness (QED) is 0.626. The fourth-order valence-electron chi connectivity index (χ4n) is 3.32. The molecule has 4 rings (SSSR count). The third-order valence-corrected chi connectivity index (χ3v) is 4.41. The van der Waals surface area contributed by atoms with Crippen molar-refractivity contribution in [1.29, 1.82) is 0 Å². The van der Waals surface area contributed by atoms with Gasteiger partial charge < -0.3 is 0 Å². The molecule has 2 heterocycles. The van der Waals surface area contributed by atoms with Crippen LogP contribution in [0.5, 0.6) is 0 Å². The summed E-state index contributed by atoms with van der Waals surface area (Å²) < 4.78 is 1.53. The number of H-pyrrole nitrogens is 1. The highest BCUT2D eigenvalue weighted by Crippen LogP contribution is 2.31. The second-order valence-corrected chi connectivity index (χ2v) is 5.99. The highest BCUT2D eigenvalue weighted by atomic mass is 16.2. The van der Waals surface area contributed by atoms with Crippen molar-refractivity contribution in [2.45, 2.75) is 19.9 Å². The predicted molar refractivity (Wildman–Crippen MR) is 99.9 cm³/mol. The minimum atomic E-state index is -0.415. The first-order chi connectivity index (χ1) is 12.2. The SMILES string of the molecule is CCCn1c(=O)[nH]c(=O)c2c(-c3cccc4ccccc34)ccnc21. The number of rotatable bonds is 3. The molecule has 0 aliphatic rings. The maximum Gasteiger partial charge on any atom is 0.329 e. The summed E-state index contributed by atoms with van der Waals surface area (Å²) in [6, 6.07) is 15.9. The molecule has 0 saturated carbocycles. The maximum absolute atomic E-state index is 12.6. The van der Waals surface area contributed by atoms with Crippen molar-refractivity contribution in [3.8, 4) is 11.1 Å². The number of nitrogens with zero attached hydrogens (tertiary/aromatic N) is 2. The number of pyridine rings is 1. The molecule has 0 fully saturated rings. The van der Waals surface area contributed by atoms with E-state index in [2.05, 4.69) is 9.97 Å². The number of aryl methyl sites for hydroxylation is 1. The van der Waals surface area contributed by atoms with E-state index >= 15 is 0 Å². The summed E-state index contributed by atoms with van der Waals surface area (Å²) in [5.74, 6) is 0. The van der Waals surface area contributed by atoms with E-state index in [1.807, 2.05) is 55.5 Å². The van der Waals surface area contributed by atoms with Crippen LogP contribution in [-0.2, 0) is 6.54 Å². The smallest absolute Gasteiger partial charge is 0.278 e. The maximum atomic E-state index is 12.6. The standard InChI is InChI=1S/C20H17N3O2/c1-2-12-23-18-17(19(24)22-20(23)25)16(10-11-21-18)15-9-5-7-13-6-3-4-8-14(13)15/h3-11H,2,12H2,1H3,(H,22,24,25).